The van der Waals surface area contributed by atoms with E-state index >= 15 is 0 Å². The van der Waals surface area contributed by atoms with E-state index in [0.717, 1.165) is 38.0 Å². The Bertz CT molecular complexity index is 727. The van der Waals surface area contributed by atoms with E-state index in [1.165, 1.54) is 20.0 Å². The van der Waals surface area contributed by atoms with Gasteiger partial charge in [-0.05, 0) is 38.4 Å². The Morgan fingerprint density at radius 2 is 2.25 bits per heavy atom. The summed E-state index contributed by atoms with van der Waals surface area (Å²) in [7, 11) is 1.54. The van der Waals surface area contributed by atoms with Crippen molar-refractivity contribution in [3.8, 4) is 5.75 Å². The van der Waals surface area contributed by atoms with E-state index in [9.17, 15) is 4.79 Å². The van der Waals surface area contributed by atoms with Crippen LogP contribution in [0.25, 0.3) is 11.0 Å². The van der Waals surface area contributed by atoms with Crippen LogP contribution in [0.15, 0.2) is 12.1 Å². The predicted octanol–water partition coefficient (Wildman–Crippen LogP) is 1.98. The molecule has 1 fully saturated rings. The van der Waals surface area contributed by atoms with Crippen LogP contribution in [0.3, 0.4) is 0 Å². The molecule has 1 amide bonds. The normalized spacial score (nSPS) is 19.3. The number of methoxy groups -OCH3 is 1. The molecule has 7 heteroatoms. The summed E-state index contributed by atoms with van der Waals surface area (Å²) in [4.78, 5) is 14.1. The Labute approximate surface area is 141 Å². The van der Waals surface area contributed by atoms with Gasteiger partial charge in [-0.25, -0.2) is 4.68 Å². The molecule has 1 aliphatic heterocycles. The van der Waals surface area contributed by atoms with Crippen LogP contribution in [0.5, 0.6) is 5.75 Å². The zero-order valence-corrected chi connectivity index (χ0v) is 14.4. The van der Waals surface area contributed by atoms with Gasteiger partial charge in [0, 0.05) is 12.6 Å². The average molecular weight is 331 g/mol. The summed E-state index contributed by atoms with van der Waals surface area (Å²) >= 11 is 0. The first-order chi connectivity index (χ1) is 11.6. The van der Waals surface area contributed by atoms with Crippen LogP contribution < -0.4 is 10.5 Å². The highest BCUT2D eigenvalue weighted by atomic mass is 16.5. The standard InChI is InChI=1S/C17H25N5O2/c1-3-7-21-8-5-4-6-12(11-21)22-15-10-16(24-2)13(17(18)23)9-14(15)19-20-22/h9-10,12H,3-8,11H2,1-2H3,(H2,18,23). The monoisotopic (exact) mass is 331 g/mol. The molecule has 2 N–H and O–H groups in total. The molecule has 1 saturated heterocycles. The molecule has 1 aliphatic rings. The molecule has 2 heterocycles. The molecule has 0 bridgehead atoms. The van der Waals surface area contributed by atoms with Gasteiger partial charge < -0.3 is 15.4 Å². The van der Waals surface area contributed by atoms with Gasteiger partial charge in [-0.15, -0.1) is 5.10 Å². The number of primary amides is 1. The Hall–Kier alpha value is -2.15. The van der Waals surface area contributed by atoms with Gasteiger partial charge in [0.25, 0.3) is 5.91 Å². The molecule has 24 heavy (non-hydrogen) atoms. The minimum absolute atomic E-state index is 0.285. The molecule has 0 spiro atoms. The SMILES string of the molecule is CCCN1CCCCC(n2nnc3cc(C(N)=O)c(OC)cc32)C1. The van der Waals surface area contributed by atoms with Gasteiger partial charge in [-0.3, -0.25) is 4.79 Å². The second kappa shape index (κ2) is 7.17. The second-order valence-electron chi connectivity index (χ2n) is 6.39. The zero-order valence-electron chi connectivity index (χ0n) is 14.4. The Morgan fingerprint density at radius 3 is 2.96 bits per heavy atom. The van der Waals surface area contributed by atoms with Crippen LogP contribution in [0.4, 0.5) is 0 Å². The van der Waals surface area contributed by atoms with Crippen LogP contribution in [0.2, 0.25) is 0 Å². The van der Waals surface area contributed by atoms with Crippen molar-refractivity contribution in [3.05, 3.63) is 17.7 Å². The summed E-state index contributed by atoms with van der Waals surface area (Å²) in [6, 6.07) is 3.78. The Morgan fingerprint density at radius 1 is 1.42 bits per heavy atom. The number of carbonyl (C=O) groups excluding carboxylic acids is 1. The number of hydrogen-bond donors (Lipinski definition) is 1. The van der Waals surface area contributed by atoms with E-state index in [-0.39, 0.29) is 6.04 Å². The number of amides is 1. The van der Waals surface area contributed by atoms with Crippen molar-refractivity contribution in [2.75, 3.05) is 26.7 Å². The highest BCUT2D eigenvalue weighted by Crippen LogP contribution is 2.29. The summed E-state index contributed by atoms with van der Waals surface area (Å²) in [6.07, 6.45) is 4.64. The summed E-state index contributed by atoms with van der Waals surface area (Å²) in [5, 5.41) is 8.61. The molecule has 2 aromatic rings. The molecule has 7 nitrogen and oxygen atoms in total. The molecular formula is C17H25N5O2. The number of benzene rings is 1. The summed E-state index contributed by atoms with van der Waals surface area (Å²) in [5.74, 6) is -0.0514. The third-order valence-electron chi connectivity index (χ3n) is 4.67. The topological polar surface area (TPSA) is 86.3 Å². The average Bonchev–Trinajstić information content (AvgIpc) is 2.84. The minimum Gasteiger partial charge on any atom is -0.496 e. The van der Waals surface area contributed by atoms with Gasteiger partial charge in [0.1, 0.15) is 11.3 Å². The lowest BCUT2D eigenvalue weighted by molar-refractivity contribution is 0.0997. The number of aromatic nitrogens is 3. The maximum absolute atomic E-state index is 11.6. The molecule has 1 aromatic heterocycles. The summed E-state index contributed by atoms with van der Waals surface area (Å²) in [5.41, 5.74) is 7.33. The first kappa shape index (κ1) is 16.7. The van der Waals surface area contributed by atoms with Gasteiger partial charge in [0.05, 0.1) is 24.2 Å². The highest BCUT2D eigenvalue weighted by Gasteiger charge is 2.23. The van der Waals surface area contributed by atoms with Crippen molar-refractivity contribution < 1.29 is 9.53 Å². The number of hydrogen-bond acceptors (Lipinski definition) is 5. The third-order valence-corrected chi connectivity index (χ3v) is 4.67. The fourth-order valence-electron chi connectivity index (χ4n) is 3.51. The fraction of sp³-hybridized carbons (Fsp3) is 0.588. The molecule has 1 aromatic carbocycles. The van der Waals surface area contributed by atoms with Crippen LogP contribution >= 0.6 is 0 Å². The van der Waals surface area contributed by atoms with Crippen LogP contribution in [0.1, 0.15) is 49.0 Å². The van der Waals surface area contributed by atoms with Crippen molar-refractivity contribution >= 4 is 16.9 Å². The predicted molar refractivity (Wildman–Crippen MR) is 92.2 cm³/mol. The van der Waals surface area contributed by atoms with Crippen LogP contribution in [-0.4, -0.2) is 52.5 Å². The van der Waals surface area contributed by atoms with E-state index in [4.69, 9.17) is 10.5 Å². The minimum atomic E-state index is -0.521. The molecular weight excluding hydrogens is 306 g/mol. The second-order valence-corrected chi connectivity index (χ2v) is 6.39. The van der Waals surface area contributed by atoms with Gasteiger partial charge in [0.15, 0.2) is 0 Å². The Kier molecular flexibility index (Phi) is 4.99. The number of ether oxygens (including phenoxy) is 1. The lowest BCUT2D eigenvalue weighted by atomic mass is 10.1. The van der Waals surface area contributed by atoms with E-state index in [0.29, 0.717) is 16.8 Å². The van der Waals surface area contributed by atoms with E-state index in [2.05, 4.69) is 22.1 Å². The smallest absolute Gasteiger partial charge is 0.252 e. The molecule has 130 valence electrons. The molecule has 1 atom stereocenters. The van der Waals surface area contributed by atoms with Crippen LogP contribution in [-0.2, 0) is 0 Å². The first-order valence-electron chi connectivity index (χ1n) is 8.59. The lowest BCUT2D eigenvalue weighted by Crippen LogP contribution is -2.30. The molecule has 0 radical (unpaired) electrons. The number of nitrogens with zero attached hydrogens (tertiary/aromatic N) is 4. The Balaban J connectivity index is 1.98. The van der Waals surface area contributed by atoms with E-state index < -0.39 is 5.91 Å². The lowest BCUT2D eigenvalue weighted by Gasteiger charge is -2.24. The fourth-order valence-corrected chi connectivity index (χ4v) is 3.51. The number of carbonyl (C=O) groups is 1. The van der Waals surface area contributed by atoms with Crippen molar-refractivity contribution in [1.82, 2.24) is 19.9 Å². The maximum atomic E-state index is 11.6. The van der Waals surface area contributed by atoms with E-state index in [1.807, 2.05) is 10.7 Å². The van der Waals surface area contributed by atoms with Gasteiger partial charge >= 0.3 is 0 Å². The number of fused-ring (bicyclic) bond motifs is 1. The first-order valence-corrected chi connectivity index (χ1v) is 8.59. The molecule has 0 saturated carbocycles. The summed E-state index contributed by atoms with van der Waals surface area (Å²) in [6.45, 7) is 5.44. The quantitative estimate of drug-likeness (QED) is 0.905. The highest BCUT2D eigenvalue weighted by molar-refractivity contribution is 5.99. The molecule has 1 unspecified atom stereocenters. The van der Waals surface area contributed by atoms with Crippen molar-refractivity contribution in [1.29, 1.82) is 0 Å². The van der Waals surface area contributed by atoms with Crippen molar-refractivity contribution in [2.24, 2.45) is 5.73 Å². The van der Waals surface area contributed by atoms with Crippen LogP contribution in [0, 0.1) is 0 Å². The number of rotatable bonds is 5. The summed E-state index contributed by atoms with van der Waals surface area (Å²) < 4.78 is 7.31. The van der Waals surface area contributed by atoms with Crippen molar-refractivity contribution in [2.45, 2.75) is 38.6 Å². The zero-order chi connectivity index (χ0) is 17.1. The van der Waals surface area contributed by atoms with E-state index in [1.54, 1.807) is 6.07 Å². The molecule has 3 rings (SSSR count). The van der Waals surface area contributed by atoms with Gasteiger partial charge in [-0.1, -0.05) is 18.6 Å². The number of nitrogens with two attached hydrogens (primary N) is 1. The van der Waals surface area contributed by atoms with Gasteiger partial charge in [0.2, 0.25) is 0 Å². The van der Waals surface area contributed by atoms with Gasteiger partial charge in [-0.2, -0.15) is 0 Å². The van der Waals surface area contributed by atoms with Crippen molar-refractivity contribution in [3.63, 3.8) is 0 Å². The maximum Gasteiger partial charge on any atom is 0.252 e. The number of likely N-dealkylation sites (tertiary alicyclic amines) is 1. The largest absolute Gasteiger partial charge is 0.496 e. The molecule has 0 aliphatic carbocycles. The third kappa shape index (κ3) is 3.21.